The van der Waals surface area contributed by atoms with Crippen molar-refractivity contribution in [2.45, 2.75) is 13.8 Å². The topological polar surface area (TPSA) is 60.2 Å². The molecule has 24 heavy (non-hydrogen) atoms. The summed E-state index contributed by atoms with van der Waals surface area (Å²) in [7, 11) is 0. The Bertz CT molecular complexity index is 970. The van der Waals surface area contributed by atoms with E-state index < -0.39 is 0 Å². The van der Waals surface area contributed by atoms with Gasteiger partial charge in [-0.1, -0.05) is 18.2 Å². The minimum Gasteiger partial charge on any atom is -0.510 e. The summed E-state index contributed by atoms with van der Waals surface area (Å²) in [6.45, 7) is 4.43. The molecule has 2 aromatic carbocycles. The molecular formula is C19H17N3OS. The summed E-state index contributed by atoms with van der Waals surface area (Å²) < 4.78 is 1.06. The van der Waals surface area contributed by atoms with Crippen LogP contribution in [0, 0.1) is 19.3 Å². The molecule has 0 spiro atoms. The average Bonchev–Trinajstić information content (AvgIpc) is 3.10. The molecule has 0 aliphatic carbocycles. The van der Waals surface area contributed by atoms with E-state index in [9.17, 15) is 5.11 Å². The lowest BCUT2D eigenvalue weighted by atomic mass is 10.1. The molecule has 0 bridgehead atoms. The van der Waals surface area contributed by atoms with Gasteiger partial charge in [-0.05, 0) is 49.2 Å². The van der Waals surface area contributed by atoms with Crippen LogP contribution in [0.2, 0.25) is 0 Å². The number of thiazole rings is 1. The molecule has 0 unspecified atom stereocenters. The number of benzene rings is 2. The number of fused-ring (bicyclic) bond motifs is 1. The van der Waals surface area contributed by atoms with Crippen LogP contribution < -0.4 is 4.90 Å². The van der Waals surface area contributed by atoms with Crippen molar-refractivity contribution < 1.29 is 5.11 Å². The fraction of sp³-hybridized carbons (Fsp3) is 0.158. The first-order chi connectivity index (χ1) is 11.5. The molecule has 1 aliphatic heterocycles. The van der Waals surface area contributed by atoms with Crippen LogP contribution in [0.4, 0.5) is 5.69 Å². The van der Waals surface area contributed by atoms with Crippen molar-refractivity contribution in [1.82, 2.24) is 4.98 Å². The first kappa shape index (κ1) is 14.9. The van der Waals surface area contributed by atoms with Gasteiger partial charge >= 0.3 is 0 Å². The molecule has 0 radical (unpaired) electrons. The lowest BCUT2D eigenvalue weighted by Crippen LogP contribution is -2.26. The normalized spacial score (nSPS) is 14.9. The van der Waals surface area contributed by atoms with Crippen LogP contribution in [0.25, 0.3) is 15.8 Å². The Hall–Kier alpha value is -2.66. The van der Waals surface area contributed by atoms with E-state index in [1.807, 2.05) is 41.3 Å². The zero-order chi connectivity index (χ0) is 16.8. The lowest BCUT2D eigenvalue weighted by molar-refractivity contribution is 0.411. The molecule has 2 N–H and O–H groups in total. The number of nitrogens with one attached hydrogen (secondary N) is 1. The highest BCUT2D eigenvalue weighted by molar-refractivity contribution is 7.19. The Balaban J connectivity index is 1.73. The van der Waals surface area contributed by atoms with Crippen LogP contribution in [0.5, 0.6) is 0 Å². The smallest absolute Gasteiger partial charge is 0.139 e. The van der Waals surface area contributed by atoms with E-state index in [1.165, 1.54) is 22.5 Å². The number of anilines is 1. The number of hydrogen-bond acceptors (Lipinski definition) is 4. The van der Waals surface area contributed by atoms with Crippen molar-refractivity contribution >= 4 is 38.6 Å². The van der Waals surface area contributed by atoms with Crippen molar-refractivity contribution in [3.05, 3.63) is 64.4 Å². The Kier molecular flexibility index (Phi) is 3.39. The molecule has 2 heterocycles. The zero-order valence-corrected chi connectivity index (χ0v) is 14.3. The van der Waals surface area contributed by atoms with Gasteiger partial charge in [-0.15, -0.1) is 11.3 Å². The van der Waals surface area contributed by atoms with E-state index in [0.717, 1.165) is 15.9 Å². The zero-order valence-electron chi connectivity index (χ0n) is 13.5. The van der Waals surface area contributed by atoms with E-state index >= 15 is 0 Å². The fourth-order valence-corrected chi connectivity index (χ4v) is 3.93. The molecular weight excluding hydrogens is 318 g/mol. The van der Waals surface area contributed by atoms with Gasteiger partial charge in [0.2, 0.25) is 0 Å². The summed E-state index contributed by atoms with van der Waals surface area (Å²) in [5.41, 5.74) is 4.75. The molecule has 4 nitrogen and oxygen atoms in total. The second kappa shape index (κ2) is 5.46. The van der Waals surface area contributed by atoms with Gasteiger partial charge in [-0.2, -0.15) is 0 Å². The molecule has 0 saturated heterocycles. The number of nitrogens with zero attached hydrogens (tertiary/aromatic N) is 2. The number of aromatic nitrogens is 1. The van der Waals surface area contributed by atoms with Gasteiger partial charge < -0.3 is 10.0 Å². The van der Waals surface area contributed by atoms with Gasteiger partial charge in [-0.25, -0.2) is 4.98 Å². The molecule has 120 valence electrons. The Morgan fingerprint density at radius 2 is 1.92 bits per heavy atom. The van der Waals surface area contributed by atoms with Crippen LogP contribution in [-0.2, 0) is 0 Å². The Morgan fingerprint density at radius 1 is 1.12 bits per heavy atom. The quantitative estimate of drug-likeness (QED) is 0.715. The Labute approximate surface area is 144 Å². The highest BCUT2D eigenvalue weighted by atomic mass is 32.1. The van der Waals surface area contributed by atoms with E-state index in [2.05, 4.69) is 24.9 Å². The lowest BCUT2D eigenvalue weighted by Gasteiger charge is -2.19. The van der Waals surface area contributed by atoms with E-state index in [0.29, 0.717) is 23.0 Å². The van der Waals surface area contributed by atoms with Crippen LogP contribution in [-0.4, -0.2) is 22.5 Å². The van der Waals surface area contributed by atoms with Crippen LogP contribution in [0.15, 0.2) is 48.2 Å². The predicted octanol–water partition coefficient (Wildman–Crippen LogP) is 4.68. The van der Waals surface area contributed by atoms with Gasteiger partial charge in [0, 0.05) is 5.69 Å². The molecule has 1 aromatic heterocycles. The molecule has 3 aromatic rings. The molecule has 1 aliphatic rings. The summed E-state index contributed by atoms with van der Waals surface area (Å²) in [5, 5.41) is 19.7. The monoisotopic (exact) mass is 335 g/mol. The first-order valence-corrected chi connectivity index (χ1v) is 8.58. The second-order valence-electron chi connectivity index (χ2n) is 6.01. The number of aryl methyl sites for hydroxylation is 2. The maximum absolute atomic E-state index is 10.5. The van der Waals surface area contributed by atoms with Gasteiger partial charge in [0.25, 0.3) is 0 Å². The van der Waals surface area contributed by atoms with Crippen LogP contribution in [0.1, 0.15) is 16.1 Å². The molecule has 4 rings (SSSR count). The third-order valence-corrected chi connectivity index (χ3v) is 5.47. The third-order valence-electron chi connectivity index (χ3n) is 4.41. The number of amidine groups is 1. The summed E-state index contributed by atoms with van der Waals surface area (Å²) in [4.78, 5) is 6.41. The van der Waals surface area contributed by atoms with Crippen molar-refractivity contribution in [2.24, 2.45) is 0 Å². The highest BCUT2D eigenvalue weighted by Gasteiger charge is 2.31. The maximum atomic E-state index is 10.5. The van der Waals surface area contributed by atoms with Crippen LogP contribution >= 0.6 is 11.3 Å². The molecule has 0 atom stereocenters. The summed E-state index contributed by atoms with van der Waals surface area (Å²) in [6, 6.07) is 14.0. The van der Waals surface area contributed by atoms with Crippen molar-refractivity contribution in [2.75, 3.05) is 11.4 Å². The minimum atomic E-state index is 0.206. The molecule has 5 heteroatoms. The van der Waals surface area contributed by atoms with Crippen molar-refractivity contribution in [1.29, 1.82) is 5.41 Å². The van der Waals surface area contributed by atoms with Gasteiger partial charge in [0.05, 0.1) is 22.3 Å². The molecule has 0 amide bonds. The number of aliphatic hydroxyl groups excluding tert-OH is 1. The van der Waals surface area contributed by atoms with Crippen molar-refractivity contribution in [3.8, 4) is 0 Å². The number of aliphatic hydroxyl groups is 1. The second-order valence-corrected chi connectivity index (χ2v) is 7.04. The van der Waals surface area contributed by atoms with Gasteiger partial charge in [0.15, 0.2) is 0 Å². The summed E-state index contributed by atoms with van der Waals surface area (Å²) >= 11 is 1.51. The standard InChI is InChI=1S/C19H17N3OS/c1-11-7-8-13(9-12(11)2)22-10-15(23)17(18(22)20)19-21-14-5-3-4-6-16(14)24-19/h3-9,20,23H,10H2,1-2H3. The first-order valence-electron chi connectivity index (χ1n) is 7.76. The fourth-order valence-electron chi connectivity index (χ4n) is 2.90. The summed E-state index contributed by atoms with van der Waals surface area (Å²) in [6.07, 6.45) is 0. The average molecular weight is 335 g/mol. The number of para-hydroxylation sites is 1. The third kappa shape index (κ3) is 2.29. The summed E-state index contributed by atoms with van der Waals surface area (Å²) in [5.74, 6) is 0.507. The van der Waals surface area contributed by atoms with Crippen molar-refractivity contribution in [3.63, 3.8) is 0 Å². The highest BCUT2D eigenvalue weighted by Crippen LogP contribution is 2.35. The largest absolute Gasteiger partial charge is 0.510 e. The van der Waals surface area contributed by atoms with E-state index in [-0.39, 0.29) is 5.76 Å². The SMILES string of the molecule is Cc1ccc(N2CC(O)=C(c3nc4ccccc4s3)C2=N)cc1C. The van der Waals surface area contributed by atoms with Gasteiger partial charge in [-0.3, -0.25) is 5.41 Å². The molecule has 0 saturated carbocycles. The number of rotatable bonds is 2. The Morgan fingerprint density at radius 3 is 2.67 bits per heavy atom. The van der Waals surface area contributed by atoms with E-state index in [1.54, 1.807) is 0 Å². The maximum Gasteiger partial charge on any atom is 0.139 e. The van der Waals surface area contributed by atoms with Gasteiger partial charge in [0.1, 0.15) is 16.6 Å². The van der Waals surface area contributed by atoms with Crippen LogP contribution in [0.3, 0.4) is 0 Å². The number of hydrogen-bond donors (Lipinski definition) is 2. The molecule has 0 fully saturated rings. The van der Waals surface area contributed by atoms with E-state index in [4.69, 9.17) is 5.41 Å². The minimum absolute atomic E-state index is 0.206. The predicted molar refractivity (Wildman–Crippen MR) is 100 cm³/mol.